The Morgan fingerprint density at radius 3 is 2.13 bits per heavy atom. The van der Waals surface area contributed by atoms with Crippen molar-refractivity contribution in [3.8, 4) is 22.4 Å². The molecular formula is C49H60IrNO2S2-. The van der Waals surface area contributed by atoms with Crippen molar-refractivity contribution in [2.45, 2.75) is 121 Å². The molecule has 3 heterocycles. The summed E-state index contributed by atoms with van der Waals surface area (Å²) < 4.78 is 2.63. The minimum atomic E-state index is -0.337. The number of nitrogens with zero attached hydrogens (tertiary/aromatic N) is 1. The van der Waals surface area contributed by atoms with E-state index in [0.29, 0.717) is 5.92 Å². The third-order valence-electron chi connectivity index (χ3n) is 11.8. The SMILES string of the molecule is CCC(C)(CC)C(=O)/C=C(\O)C(C)(CC)CC.Cc1csc2c(-c3ccc4scc(CC(C)C)c4c3)cc(-c3[c-]c4ccccc4c(C(C)(C)C)c3)nc12.[Ir]. The average molecular weight is 951 g/mol. The molecule has 0 saturated carbocycles. The second-order valence-corrected chi connectivity index (χ2v) is 18.8. The fourth-order valence-corrected chi connectivity index (χ4v) is 8.98. The Morgan fingerprint density at radius 1 is 0.855 bits per heavy atom. The number of rotatable bonds is 11. The van der Waals surface area contributed by atoms with Gasteiger partial charge >= 0.3 is 0 Å². The van der Waals surface area contributed by atoms with E-state index in [1.807, 2.05) is 52.9 Å². The second kappa shape index (κ2) is 18.0. The van der Waals surface area contributed by atoms with Gasteiger partial charge in [0.25, 0.3) is 0 Å². The maximum atomic E-state index is 12.2. The second-order valence-electron chi connectivity index (χ2n) is 17.0. The van der Waals surface area contributed by atoms with E-state index in [0.717, 1.165) is 54.3 Å². The van der Waals surface area contributed by atoms with Gasteiger partial charge < -0.3 is 5.11 Å². The van der Waals surface area contributed by atoms with Gasteiger partial charge in [-0.3, -0.25) is 9.78 Å². The van der Waals surface area contributed by atoms with Crippen LogP contribution in [0.2, 0.25) is 0 Å². The van der Waals surface area contributed by atoms with Gasteiger partial charge in [0.2, 0.25) is 0 Å². The van der Waals surface area contributed by atoms with Crippen LogP contribution < -0.4 is 0 Å². The van der Waals surface area contributed by atoms with Crippen LogP contribution in [0.5, 0.6) is 0 Å². The molecule has 0 unspecified atom stereocenters. The minimum Gasteiger partial charge on any atom is -0.512 e. The quantitative estimate of drug-likeness (QED) is 0.0800. The third kappa shape index (κ3) is 9.53. The molecule has 3 aromatic heterocycles. The third-order valence-corrected chi connectivity index (χ3v) is 13.9. The molecule has 0 spiro atoms. The number of aryl methyl sites for hydroxylation is 1. The number of hydrogen-bond acceptors (Lipinski definition) is 5. The summed E-state index contributed by atoms with van der Waals surface area (Å²) in [7, 11) is 0. The number of aliphatic hydroxyl groups excluding tert-OH is 1. The summed E-state index contributed by atoms with van der Waals surface area (Å²) in [4.78, 5) is 17.4. The number of carbonyl (C=O) groups excluding carboxylic acids is 1. The molecule has 1 radical (unpaired) electrons. The van der Waals surface area contributed by atoms with E-state index < -0.39 is 0 Å². The maximum Gasteiger partial charge on any atom is 0.164 e. The first kappa shape index (κ1) is 44.6. The fraction of sp³-hybridized carbons (Fsp3) is 0.429. The van der Waals surface area contributed by atoms with Gasteiger partial charge in [-0.1, -0.05) is 117 Å². The number of aromatic nitrogens is 1. The minimum absolute atomic E-state index is 0. The molecule has 0 atom stereocenters. The molecule has 3 aromatic carbocycles. The zero-order valence-electron chi connectivity index (χ0n) is 35.0. The number of fused-ring (bicyclic) bond motifs is 3. The Kier molecular flexibility index (Phi) is 14.6. The van der Waals surface area contributed by atoms with Gasteiger partial charge in [-0.15, -0.1) is 51.8 Å². The summed E-state index contributed by atoms with van der Waals surface area (Å²) in [5, 5.41) is 18.5. The van der Waals surface area contributed by atoms with Crippen LogP contribution in [0.3, 0.4) is 0 Å². The van der Waals surface area contributed by atoms with Gasteiger partial charge in [0.15, 0.2) is 5.78 Å². The molecule has 0 bridgehead atoms. The van der Waals surface area contributed by atoms with E-state index in [9.17, 15) is 9.90 Å². The number of hydrogen-bond donors (Lipinski definition) is 1. The van der Waals surface area contributed by atoms with Crippen molar-refractivity contribution in [3.05, 3.63) is 99.9 Å². The maximum absolute atomic E-state index is 12.2. The van der Waals surface area contributed by atoms with Crippen LogP contribution in [-0.4, -0.2) is 15.9 Å². The molecule has 0 amide bonds. The Balaban J connectivity index is 0.000000320. The Labute approximate surface area is 352 Å². The summed E-state index contributed by atoms with van der Waals surface area (Å²) in [5.74, 6) is 0.926. The molecule has 1 N–H and O–H groups in total. The van der Waals surface area contributed by atoms with Crippen LogP contribution in [0.1, 0.15) is 119 Å². The van der Waals surface area contributed by atoms with Crippen LogP contribution in [-0.2, 0) is 36.7 Å². The number of ketones is 1. The van der Waals surface area contributed by atoms with Gasteiger partial charge in [0, 0.05) is 47.4 Å². The van der Waals surface area contributed by atoms with Crippen LogP contribution >= 0.6 is 22.7 Å². The summed E-state index contributed by atoms with van der Waals surface area (Å²) in [6.07, 6.45) is 5.87. The molecule has 6 rings (SSSR count). The zero-order chi connectivity index (χ0) is 39.6. The van der Waals surface area contributed by atoms with Crippen molar-refractivity contribution in [2.24, 2.45) is 16.7 Å². The van der Waals surface area contributed by atoms with E-state index >= 15 is 0 Å². The first-order valence-electron chi connectivity index (χ1n) is 19.8. The zero-order valence-corrected chi connectivity index (χ0v) is 39.0. The smallest absolute Gasteiger partial charge is 0.164 e. The first-order valence-corrected chi connectivity index (χ1v) is 21.5. The molecule has 55 heavy (non-hydrogen) atoms. The molecule has 295 valence electrons. The van der Waals surface area contributed by atoms with Gasteiger partial charge in [-0.05, 0) is 101 Å². The predicted molar refractivity (Wildman–Crippen MR) is 237 cm³/mol. The average Bonchev–Trinajstić information content (AvgIpc) is 3.74. The van der Waals surface area contributed by atoms with Gasteiger partial charge in [-0.2, -0.15) is 0 Å². The molecule has 0 aliphatic carbocycles. The largest absolute Gasteiger partial charge is 0.512 e. The molecule has 6 aromatic rings. The summed E-state index contributed by atoms with van der Waals surface area (Å²) in [6.45, 7) is 25.7. The van der Waals surface area contributed by atoms with Crippen LogP contribution in [0.25, 0.3) is 53.5 Å². The van der Waals surface area contributed by atoms with Crippen molar-refractivity contribution in [3.63, 3.8) is 0 Å². The van der Waals surface area contributed by atoms with Gasteiger partial charge in [0.1, 0.15) is 5.76 Å². The van der Waals surface area contributed by atoms with E-state index in [-0.39, 0.29) is 47.9 Å². The number of allylic oxidation sites excluding steroid dienone is 2. The van der Waals surface area contributed by atoms with Crippen molar-refractivity contribution in [1.82, 2.24) is 4.98 Å². The number of carbonyl (C=O) groups is 1. The summed E-state index contributed by atoms with van der Waals surface area (Å²) in [5.41, 5.74) is 9.13. The van der Waals surface area contributed by atoms with Crippen molar-refractivity contribution >= 4 is 59.5 Å². The first-order chi connectivity index (χ1) is 25.5. The number of aliphatic hydroxyl groups is 1. The van der Waals surface area contributed by atoms with E-state index in [4.69, 9.17) is 4.98 Å². The monoisotopic (exact) mass is 951 g/mol. The van der Waals surface area contributed by atoms with Crippen molar-refractivity contribution in [2.75, 3.05) is 0 Å². The van der Waals surface area contributed by atoms with Crippen LogP contribution in [0, 0.1) is 29.7 Å². The molecular weight excluding hydrogens is 891 g/mol. The Bertz CT molecular complexity index is 2290. The van der Waals surface area contributed by atoms with E-state index in [1.165, 1.54) is 54.1 Å². The normalized spacial score (nSPS) is 12.6. The molecule has 0 fully saturated rings. The van der Waals surface area contributed by atoms with Gasteiger partial charge in [0.05, 0.1) is 10.2 Å². The fourth-order valence-electron chi connectivity index (χ4n) is 6.99. The molecule has 3 nitrogen and oxygen atoms in total. The number of pyridine rings is 1. The predicted octanol–water partition coefficient (Wildman–Crippen LogP) is 15.3. The number of thiophene rings is 2. The van der Waals surface area contributed by atoms with Gasteiger partial charge in [-0.25, -0.2) is 0 Å². The van der Waals surface area contributed by atoms with Crippen molar-refractivity contribution in [1.29, 1.82) is 0 Å². The van der Waals surface area contributed by atoms with E-state index in [1.54, 1.807) is 11.3 Å². The molecule has 6 heteroatoms. The Morgan fingerprint density at radius 2 is 1.51 bits per heavy atom. The van der Waals surface area contributed by atoms with Crippen LogP contribution in [0.4, 0.5) is 0 Å². The number of benzene rings is 3. The Hall–Kier alpha value is -3.15. The summed E-state index contributed by atoms with van der Waals surface area (Å²) >= 11 is 3.66. The van der Waals surface area contributed by atoms with Crippen molar-refractivity contribution < 1.29 is 30.0 Å². The van der Waals surface area contributed by atoms with Crippen LogP contribution in [0.15, 0.2) is 77.2 Å². The molecule has 0 aliphatic rings. The van der Waals surface area contributed by atoms with E-state index in [2.05, 4.69) is 113 Å². The molecule has 0 saturated heterocycles. The topological polar surface area (TPSA) is 50.2 Å². The standard InChI is InChI=1S/C34H32NS2.C15H28O2.Ir/c1-20(2)13-25-19-36-31-12-11-23(15-27(25)31)28-17-30(35-32-21(3)18-37-33(28)32)24-14-22-9-7-8-10-26(22)29(16-24)34(4,5)6;1-7-14(5,8-2)12(16)11-13(17)15(6,9-3)10-4;/h7-12,15-20H,13H2,1-6H3;11,16H,7-10H2,1-6H3;/q-1;;/b;12-11-;. The summed E-state index contributed by atoms with van der Waals surface area (Å²) in [6, 6.07) is 23.9. The molecule has 0 aliphatic heterocycles.